The van der Waals surface area contributed by atoms with Crippen molar-refractivity contribution in [1.29, 1.82) is 0 Å². The van der Waals surface area contributed by atoms with Crippen LogP contribution < -0.4 is 5.32 Å². The van der Waals surface area contributed by atoms with E-state index in [0.29, 0.717) is 18.9 Å². The van der Waals surface area contributed by atoms with Gasteiger partial charge in [-0.25, -0.2) is 9.59 Å². The van der Waals surface area contributed by atoms with Gasteiger partial charge in [-0.3, -0.25) is 0 Å². The number of carbonyl (C=O) groups is 2. The van der Waals surface area contributed by atoms with Crippen molar-refractivity contribution in [2.45, 2.75) is 58.4 Å². The van der Waals surface area contributed by atoms with Crippen molar-refractivity contribution in [3.05, 3.63) is 0 Å². The van der Waals surface area contributed by atoms with Crippen molar-refractivity contribution in [2.24, 2.45) is 11.8 Å². The third kappa shape index (κ3) is 6.45. The van der Waals surface area contributed by atoms with Gasteiger partial charge >= 0.3 is 12.1 Å². The van der Waals surface area contributed by atoms with E-state index in [0.717, 1.165) is 12.8 Å². The van der Waals surface area contributed by atoms with Gasteiger partial charge in [-0.1, -0.05) is 33.1 Å². The predicted octanol–water partition coefficient (Wildman–Crippen LogP) is 2.79. The molecule has 0 heterocycles. The number of carbonyl (C=O) groups excluding carboxylic acids is 1. The molecule has 5 nitrogen and oxygen atoms in total. The Morgan fingerprint density at radius 3 is 2.42 bits per heavy atom. The first-order chi connectivity index (χ1) is 8.99. The first-order valence-corrected chi connectivity index (χ1v) is 7.15. The maximum atomic E-state index is 11.6. The van der Waals surface area contributed by atoms with Gasteiger partial charge in [0.2, 0.25) is 0 Å². The highest BCUT2D eigenvalue weighted by molar-refractivity contribution is 5.79. The van der Waals surface area contributed by atoms with Crippen LogP contribution in [0.15, 0.2) is 0 Å². The molecule has 1 amide bonds. The maximum absolute atomic E-state index is 11.6. The molecule has 1 rings (SSSR count). The second kappa shape index (κ2) is 8.02. The van der Waals surface area contributed by atoms with E-state index in [1.54, 1.807) is 0 Å². The number of alkyl carbamates (subject to hydrolysis) is 1. The van der Waals surface area contributed by atoms with E-state index in [-0.39, 0.29) is 5.92 Å². The molecule has 0 aromatic rings. The molecule has 0 unspecified atom stereocenters. The van der Waals surface area contributed by atoms with E-state index < -0.39 is 18.1 Å². The van der Waals surface area contributed by atoms with Crippen molar-refractivity contribution in [2.75, 3.05) is 6.61 Å². The number of carboxylic acid groups (broad SMARTS) is 1. The highest BCUT2D eigenvalue weighted by Gasteiger charge is 2.22. The second-order valence-electron chi connectivity index (χ2n) is 5.77. The molecule has 1 aliphatic rings. The number of aliphatic carboxylic acids is 1. The summed E-state index contributed by atoms with van der Waals surface area (Å²) in [6.45, 7) is 4.25. The Morgan fingerprint density at radius 2 is 1.89 bits per heavy atom. The molecule has 0 aromatic heterocycles. The van der Waals surface area contributed by atoms with Crippen molar-refractivity contribution < 1.29 is 19.4 Å². The molecule has 2 N–H and O–H groups in total. The van der Waals surface area contributed by atoms with Crippen LogP contribution in [0, 0.1) is 11.8 Å². The topological polar surface area (TPSA) is 75.6 Å². The van der Waals surface area contributed by atoms with Crippen LogP contribution in [0.25, 0.3) is 0 Å². The fourth-order valence-corrected chi connectivity index (χ4v) is 2.42. The first-order valence-electron chi connectivity index (χ1n) is 7.15. The molecule has 1 fully saturated rings. The smallest absolute Gasteiger partial charge is 0.407 e. The lowest BCUT2D eigenvalue weighted by atomic mass is 9.90. The average Bonchev–Trinajstić information content (AvgIpc) is 2.36. The molecule has 0 bridgehead atoms. The molecule has 110 valence electrons. The van der Waals surface area contributed by atoms with Gasteiger partial charge < -0.3 is 15.2 Å². The van der Waals surface area contributed by atoms with Crippen molar-refractivity contribution in [3.63, 3.8) is 0 Å². The Labute approximate surface area is 114 Å². The average molecular weight is 271 g/mol. The van der Waals surface area contributed by atoms with E-state index in [1.165, 1.54) is 19.3 Å². The molecular weight excluding hydrogens is 246 g/mol. The maximum Gasteiger partial charge on any atom is 0.407 e. The fourth-order valence-electron chi connectivity index (χ4n) is 2.42. The van der Waals surface area contributed by atoms with Gasteiger partial charge in [0.05, 0.1) is 6.61 Å². The third-order valence-corrected chi connectivity index (χ3v) is 3.47. The summed E-state index contributed by atoms with van der Waals surface area (Å²) in [7, 11) is 0. The second-order valence-corrected chi connectivity index (χ2v) is 5.77. The molecular formula is C14H25NO4. The summed E-state index contributed by atoms with van der Waals surface area (Å²) in [5.74, 6) is -0.365. The normalized spacial score (nSPS) is 18.1. The number of ether oxygens (including phenoxy) is 1. The zero-order valence-electron chi connectivity index (χ0n) is 11.9. The van der Waals surface area contributed by atoms with Gasteiger partial charge in [0.15, 0.2) is 0 Å². The van der Waals surface area contributed by atoms with Crippen LogP contribution in [0.5, 0.6) is 0 Å². The van der Waals surface area contributed by atoms with Crippen LogP contribution >= 0.6 is 0 Å². The van der Waals surface area contributed by atoms with Gasteiger partial charge in [0, 0.05) is 0 Å². The van der Waals surface area contributed by atoms with Crippen LogP contribution in [0.1, 0.15) is 52.4 Å². The van der Waals surface area contributed by atoms with E-state index >= 15 is 0 Å². The molecule has 19 heavy (non-hydrogen) atoms. The quantitative estimate of drug-likeness (QED) is 0.779. The Morgan fingerprint density at radius 1 is 1.26 bits per heavy atom. The minimum absolute atomic E-state index is 0.208. The minimum Gasteiger partial charge on any atom is -0.480 e. The molecule has 1 aliphatic carbocycles. The molecule has 5 heteroatoms. The van der Waals surface area contributed by atoms with Crippen LogP contribution in [0.4, 0.5) is 4.79 Å². The van der Waals surface area contributed by atoms with Crippen LogP contribution in [-0.2, 0) is 9.53 Å². The molecule has 0 spiro atoms. The monoisotopic (exact) mass is 271 g/mol. The molecule has 0 saturated heterocycles. The number of hydrogen-bond donors (Lipinski definition) is 2. The van der Waals surface area contributed by atoms with Gasteiger partial charge in [0.1, 0.15) is 6.04 Å². The number of rotatable bonds is 6. The molecule has 0 aromatic carbocycles. The van der Waals surface area contributed by atoms with Crippen molar-refractivity contribution in [1.82, 2.24) is 5.32 Å². The summed E-state index contributed by atoms with van der Waals surface area (Å²) in [6, 6.07) is -0.862. The van der Waals surface area contributed by atoms with Crippen LogP contribution in [-0.4, -0.2) is 29.8 Å². The van der Waals surface area contributed by atoms with E-state index in [4.69, 9.17) is 9.84 Å². The summed E-state index contributed by atoms with van der Waals surface area (Å²) in [5, 5.41) is 11.4. The molecule has 1 saturated carbocycles. The zero-order valence-corrected chi connectivity index (χ0v) is 11.9. The standard InChI is InChI=1S/C14H25NO4/c1-10(2)8-12(13(16)17)15-14(18)19-9-11-6-4-3-5-7-11/h10-12H,3-9H2,1-2H3,(H,15,18)(H,16,17)/t12-/m0/s1. The van der Waals surface area contributed by atoms with Crippen molar-refractivity contribution in [3.8, 4) is 0 Å². The third-order valence-electron chi connectivity index (χ3n) is 3.47. The molecule has 0 radical (unpaired) electrons. The van der Waals surface area contributed by atoms with Crippen LogP contribution in [0.2, 0.25) is 0 Å². The fraction of sp³-hybridized carbons (Fsp3) is 0.857. The number of carboxylic acids is 1. The Bertz CT molecular complexity index is 298. The highest BCUT2D eigenvalue weighted by Crippen LogP contribution is 2.23. The zero-order chi connectivity index (χ0) is 14.3. The largest absolute Gasteiger partial charge is 0.480 e. The lowest BCUT2D eigenvalue weighted by Gasteiger charge is -2.22. The minimum atomic E-state index is -1.01. The molecule has 0 aliphatic heterocycles. The highest BCUT2D eigenvalue weighted by atomic mass is 16.5. The summed E-state index contributed by atoms with van der Waals surface area (Å²) in [5.41, 5.74) is 0. The number of amides is 1. The summed E-state index contributed by atoms with van der Waals surface area (Å²) >= 11 is 0. The first kappa shape index (κ1) is 15.8. The van der Waals surface area contributed by atoms with Gasteiger partial charge in [-0.05, 0) is 31.1 Å². The van der Waals surface area contributed by atoms with Gasteiger partial charge in [-0.2, -0.15) is 0 Å². The Kier molecular flexibility index (Phi) is 6.67. The van der Waals surface area contributed by atoms with E-state index in [1.807, 2.05) is 13.8 Å². The number of hydrogen-bond acceptors (Lipinski definition) is 3. The Balaban J connectivity index is 2.29. The van der Waals surface area contributed by atoms with E-state index in [2.05, 4.69) is 5.32 Å². The lowest BCUT2D eigenvalue weighted by Crippen LogP contribution is -2.42. The predicted molar refractivity (Wildman–Crippen MR) is 71.9 cm³/mol. The van der Waals surface area contributed by atoms with E-state index in [9.17, 15) is 9.59 Å². The Hall–Kier alpha value is -1.26. The summed E-state index contributed by atoms with van der Waals surface area (Å²) in [6.07, 6.45) is 5.65. The number of nitrogens with one attached hydrogen (secondary N) is 1. The lowest BCUT2D eigenvalue weighted by molar-refractivity contribution is -0.139. The van der Waals surface area contributed by atoms with Crippen molar-refractivity contribution >= 4 is 12.1 Å². The summed E-state index contributed by atoms with van der Waals surface area (Å²) < 4.78 is 5.13. The van der Waals surface area contributed by atoms with Gasteiger partial charge in [0.25, 0.3) is 0 Å². The SMILES string of the molecule is CC(C)C[C@H](NC(=O)OCC1CCCCC1)C(=O)O. The van der Waals surface area contributed by atoms with Crippen LogP contribution in [0.3, 0.4) is 0 Å². The molecule has 1 atom stereocenters. The summed E-state index contributed by atoms with van der Waals surface area (Å²) in [4.78, 5) is 22.6. The van der Waals surface area contributed by atoms with Gasteiger partial charge in [-0.15, -0.1) is 0 Å².